The molecule has 0 aliphatic heterocycles. The zero-order valence-electron chi connectivity index (χ0n) is 6.21. The van der Waals surface area contributed by atoms with Crippen molar-refractivity contribution in [1.29, 1.82) is 0 Å². The molecule has 0 aliphatic rings. The Kier molecular flexibility index (Phi) is 1.87. The minimum absolute atomic E-state index is 0.584. The number of aromatic amines is 1. The van der Waals surface area contributed by atoms with E-state index in [-0.39, 0.29) is 0 Å². The number of aromatic nitrogens is 3. The molecule has 0 aliphatic carbocycles. The van der Waals surface area contributed by atoms with Gasteiger partial charge in [0, 0.05) is 9.99 Å². The van der Waals surface area contributed by atoms with Crippen molar-refractivity contribution in [3.8, 4) is 0 Å². The topological polar surface area (TPSA) is 67.6 Å². The summed E-state index contributed by atoms with van der Waals surface area (Å²) in [5.41, 5.74) is 8.59. The van der Waals surface area contributed by atoms with Crippen molar-refractivity contribution in [3.63, 3.8) is 0 Å². The van der Waals surface area contributed by atoms with Gasteiger partial charge >= 0.3 is 0 Å². The highest BCUT2D eigenvalue weighted by atomic mass is 127. The molecule has 0 saturated carbocycles. The summed E-state index contributed by atoms with van der Waals surface area (Å²) in [5.74, 6) is 0.584. The van der Waals surface area contributed by atoms with Gasteiger partial charge in [-0.3, -0.25) is 0 Å². The maximum atomic E-state index is 5.69. The number of nitrogens with one attached hydrogen (secondary N) is 1. The van der Waals surface area contributed by atoms with E-state index in [1.165, 1.54) is 0 Å². The lowest BCUT2D eigenvalue weighted by molar-refractivity contribution is 1.30. The maximum Gasteiger partial charge on any atom is 0.129 e. The van der Waals surface area contributed by atoms with Gasteiger partial charge < -0.3 is 10.7 Å². The monoisotopic (exact) mass is 274 g/mol. The Morgan fingerprint density at radius 3 is 3.08 bits per heavy atom. The van der Waals surface area contributed by atoms with Crippen LogP contribution in [0.25, 0.3) is 11.0 Å². The van der Waals surface area contributed by atoms with E-state index in [9.17, 15) is 0 Å². The molecule has 4 nitrogen and oxygen atoms in total. The van der Waals surface area contributed by atoms with Crippen LogP contribution in [0.3, 0.4) is 0 Å². The molecular formula is C7H7IN4. The fourth-order valence-electron chi connectivity index (χ4n) is 1.12. The van der Waals surface area contributed by atoms with E-state index in [1.807, 2.05) is 0 Å². The first-order valence-electron chi connectivity index (χ1n) is 3.45. The lowest BCUT2D eigenvalue weighted by Crippen LogP contribution is -1.96. The van der Waals surface area contributed by atoms with Crippen LogP contribution in [0.4, 0.5) is 5.82 Å². The zero-order valence-corrected chi connectivity index (χ0v) is 8.37. The second-order valence-electron chi connectivity index (χ2n) is 2.42. The highest BCUT2D eigenvalue weighted by Crippen LogP contribution is 2.21. The molecule has 0 saturated heterocycles. The summed E-state index contributed by atoms with van der Waals surface area (Å²) in [6.07, 6.45) is 3.33. The van der Waals surface area contributed by atoms with Gasteiger partial charge in [-0.05, 0) is 0 Å². The molecule has 2 aromatic heterocycles. The van der Waals surface area contributed by atoms with E-state index < -0.39 is 0 Å². The number of H-pyrrole nitrogens is 1. The normalized spacial score (nSPS) is 10.8. The first-order chi connectivity index (χ1) is 5.83. The van der Waals surface area contributed by atoms with Crippen LogP contribution in [-0.4, -0.2) is 15.0 Å². The molecule has 5 heteroatoms. The number of nitrogen functional groups attached to an aromatic ring is 1. The number of hydrogen-bond acceptors (Lipinski definition) is 3. The van der Waals surface area contributed by atoms with Gasteiger partial charge in [0.2, 0.25) is 0 Å². The average Bonchev–Trinajstić information content (AvgIpc) is 2.52. The smallest absolute Gasteiger partial charge is 0.129 e. The van der Waals surface area contributed by atoms with E-state index in [2.05, 4.69) is 37.5 Å². The second kappa shape index (κ2) is 2.89. The average molecular weight is 274 g/mol. The highest BCUT2D eigenvalue weighted by molar-refractivity contribution is 14.1. The van der Waals surface area contributed by atoms with Crippen molar-refractivity contribution in [1.82, 2.24) is 15.0 Å². The van der Waals surface area contributed by atoms with Gasteiger partial charge in [-0.2, -0.15) is 0 Å². The molecular weight excluding hydrogens is 267 g/mol. The summed E-state index contributed by atoms with van der Waals surface area (Å²) < 4.78 is 0.843. The standard InChI is InChI=1S/C7H7IN4/c8-1-4-6-5(11-3-12-6)2-10-7(4)9/h2-3H,1H2,(H2,9,10)(H,11,12). The molecule has 2 rings (SSSR count). The molecule has 0 fully saturated rings. The predicted octanol–water partition coefficient (Wildman–Crippen LogP) is 1.48. The molecule has 2 heterocycles. The van der Waals surface area contributed by atoms with Gasteiger partial charge in [-0.1, -0.05) is 22.6 Å². The van der Waals surface area contributed by atoms with Crippen LogP contribution in [0.2, 0.25) is 0 Å². The van der Waals surface area contributed by atoms with Crippen LogP contribution in [0.1, 0.15) is 5.56 Å². The summed E-state index contributed by atoms with van der Waals surface area (Å²) >= 11 is 2.26. The number of hydrogen-bond donors (Lipinski definition) is 2. The number of fused-ring (bicyclic) bond motifs is 1. The quantitative estimate of drug-likeness (QED) is 0.611. The Bertz CT molecular complexity index is 409. The molecule has 0 atom stereocenters. The molecule has 3 N–H and O–H groups in total. The van der Waals surface area contributed by atoms with E-state index in [0.717, 1.165) is 21.0 Å². The van der Waals surface area contributed by atoms with E-state index in [1.54, 1.807) is 12.5 Å². The van der Waals surface area contributed by atoms with Crippen molar-refractivity contribution in [3.05, 3.63) is 18.1 Å². The van der Waals surface area contributed by atoms with Crippen molar-refractivity contribution < 1.29 is 0 Å². The Morgan fingerprint density at radius 2 is 2.33 bits per heavy atom. The Labute approximate surface area is 82.7 Å². The fraction of sp³-hybridized carbons (Fsp3) is 0.143. The van der Waals surface area contributed by atoms with E-state index >= 15 is 0 Å². The van der Waals surface area contributed by atoms with Gasteiger partial charge in [-0.15, -0.1) is 0 Å². The summed E-state index contributed by atoms with van der Waals surface area (Å²) in [7, 11) is 0. The number of pyridine rings is 1. The third-order valence-electron chi connectivity index (χ3n) is 1.74. The largest absolute Gasteiger partial charge is 0.383 e. The number of halogens is 1. The molecule has 0 unspecified atom stereocenters. The number of alkyl halides is 1. The first-order valence-corrected chi connectivity index (χ1v) is 4.98. The molecule has 0 bridgehead atoms. The first kappa shape index (κ1) is 7.78. The highest BCUT2D eigenvalue weighted by Gasteiger charge is 2.06. The number of nitrogens with zero attached hydrogens (tertiary/aromatic N) is 2. The number of nitrogens with two attached hydrogens (primary N) is 1. The van der Waals surface area contributed by atoms with E-state index in [0.29, 0.717) is 5.82 Å². The summed E-state index contributed by atoms with van der Waals surface area (Å²) in [6.45, 7) is 0. The van der Waals surface area contributed by atoms with Gasteiger partial charge in [0.1, 0.15) is 11.3 Å². The molecule has 62 valence electrons. The van der Waals surface area contributed by atoms with Gasteiger partial charge in [0.25, 0.3) is 0 Å². The molecule has 0 radical (unpaired) electrons. The number of imidazole rings is 1. The second-order valence-corrected chi connectivity index (χ2v) is 3.18. The Hall–Kier alpha value is -0.850. The Balaban J connectivity index is 2.83. The van der Waals surface area contributed by atoms with Crippen LogP contribution in [0.15, 0.2) is 12.5 Å². The van der Waals surface area contributed by atoms with Crippen LogP contribution in [-0.2, 0) is 4.43 Å². The predicted molar refractivity (Wildman–Crippen MR) is 56.0 cm³/mol. The van der Waals surface area contributed by atoms with Crippen molar-refractivity contribution in [2.24, 2.45) is 0 Å². The van der Waals surface area contributed by atoms with Crippen LogP contribution in [0.5, 0.6) is 0 Å². The lowest BCUT2D eigenvalue weighted by Gasteiger charge is -2.00. The SMILES string of the molecule is Nc1ncc2nc[nH]c2c1CI. The Morgan fingerprint density at radius 1 is 1.50 bits per heavy atom. The van der Waals surface area contributed by atoms with Crippen LogP contribution in [0, 0.1) is 0 Å². The van der Waals surface area contributed by atoms with Crippen LogP contribution < -0.4 is 5.73 Å². The van der Waals surface area contributed by atoms with Gasteiger partial charge in [-0.25, -0.2) is 9.97 Å². The molecule has 0 amide bonds. The third-order valence-corrected chi connectivity index (χ3v) is 2.50. The zero-order chi connectivity index (χ0) is 8.55. The van der Waals surface area contributed by atoms with Crippen molar-refractivity contribution >= 4 is 39.4 Å². The van der Waals surface area contributed by atoms with E-state index in [4.69, 9.17) is 5.73 Å². The number of rotatable bonds is 1. The summed E-state index contributed by atoms with van der Waals surface area (Å²) in [4.78, 5) is 11.2. The molecule has 0 spiro atoms. The molecule has 2 aromatic rings. The number of anilines is 1. The van der Waals surface area contributed by atoms with Gasteiger partial charge in [0.15, 0.2) is 0 Å². The summed E-state index contributed by atoms with van der Waals surface area (Å²) in [5, 5.41) is 0. The third kappa shape index (κ3) is 1.04. The van der Waals surface area contributed by atoms with Gasteiger partial charge in [0.05, 0.1) is 18.0 Å². The summed E-state index contributed by atoms with van der Waals surface area (Å²) in [6, 6.07) is 0. The minimum Gasteiger partial charge on any atom is -0.383 e. The van der Waals surface area contributed by atoms with Crippen molar-refractivity contribution in [2.75, 3.05) is 5.73 Å². The lowest BCUT2D eigenvalue weighted by atomic mass is 10.2. The maximum absolute atomic E-state index is 5.69. The fourth-order valence-corrected chi connectivity index (χ4v) is 1.89. The van der Waals surface area contributed by atoms with Crippen molar-refractivity contribution in [2.45, 2.75) is 4.43 Å². The molecule has 12 heavy (non-hydrogen) atoms. The van der Waals surface area contributed by atoms with Crippen LogP contribution >= 0.6 is 22.6 Å². The minimum atomic E-state index is 0.584. The molecule has 0 aromatic carbocycles.